The van der Waals surface area contributed by atoms with Crippen molar-refractivity contribution < 1.29 is 0 Å². The van der Waals surface area contributed by atoms with E-state index in [1.165, 1.54) is 10.9 Å². The molecule has 0 amide bonds. The summed E-state index contributed by atoms with van der Waals surface area (Å²) in [5.74, 6) is 0. The highest BCUT2D eigenvalue weighted by molar-refractivity contribution is 5.82. The predicted octanol–water partition coefficient (Wildman–Crippen LogP) is 3.76. The summed E-state index contributed by atoms with van der Waals surface area (Å²) < 4.78 is 0. The molecule has 0 atom stereocenters. The summed E-state index contributed by atoms with van der Waals surface area (Å²) in [5, 5.41) is 1.21. The fourth-order valence-electron chi connectivity index (χ4n) is 2.60. The van der Waals surface area contributed by atoms with Crippen molar-refractivity contribution in [2.75, 3.05) is 17.7 Å². The van der Waals surface area contributed by atoms with Crippen LogP contribution < -0.4 is 10.6 Å². The topological polar surface area (TPSA) is 42.1 Å². The van der Waals surface area contributed by atoms with Crippen molar-refractivity contribution in [3.63, 3.8) is 0 Å². The summed E-state index contributed by atoms with van der Waals surface area (Å²) in [6, 6.07) is 18.4. The van der Waals surface area contributed by atoms with E-state index in [-0.39, 0.29) is 0 Å². The molecule has 3 aromatic rings. The summed E-state index contributed by atoms with van der Waals surface area (Å²) in [5.41, 5.74) is 11.1. The van der Waals surface area contributed by atoms with Crippen molar-refractivity contribution in [3.05, 3.63) is 65.9 Å². The van der Waals surface area contributed by atoms with Gasteiger partial charge >= 0.3 is 0 Å². The molecule has 2 N–H and O–H groups in total. The molecule has 1 aromatic heterocycles. The maximum atomic E-state index is 5.75. The van der Waals surface area contributed by atoms with Crippen molar-refractivity contribution in [2.45, 2.75) is 13.5 Å². The Morgan fingerprint density at radius 3 is 2.52 bits per heavy atom. The van der Waals surface area contributed by atoms with E-state index in [4.69, 9.17) is 5.73 Å². The van der Waals surface area contributed by atoms with Gasteiger partial charge < -0.3 is 10.6 Å². The van der Waals surface area contributed by atoms with Gasteiger partial charge in [0.2, 0.25) is 0 Å². The molecule has 0 bridgehead atoms. The summed E-state index contributed by atoms with van der Waals surface area (Å²) in [4.78, 5) is 6.82. The number of nitrogens with zero attached hydrogens (tertiary/aromatic N) is 2. The van der Waals surface area contributed by atoms with Crippen LogP contribution in [-0.4, -0.2) is 12.0 Å². The maximum absolute atomic E-state index is 5.75. The zero-order valence-corrected chi connectivity index (χ0v) is 12.4. The van der Waals surface area contributed by atoms with Gasteiger partial charge in [0.1, 0.15) is 0 Å². The standard InChI is InChI=1S/C18H19N3/c1-13-11-14(17-5-3-4-6-18(17)20-13)12-21(2)16-9-7-15(19)8-10-16/h3-11H,12,19H2,1-2H3. The maximum Gasteiger partial charge on any atom is 0.0708 e. The lowest BCUT2D eigenvalue weighted by molar-refractivity contribution is 0.926. The Bertz CT molecular complexity index is 763. The fraction of sp³-hybridized carbons (Fsp3) is 0.167. The van der Waals surface area contributed by atoms with E-state index in [0.717, 1.165) is 29.1 Å². The summed E-state index contributed by atoms with van der Waals surface area (Å²) in [6.07, 6.45) is 0. The number of hydrogen-bond donors (Lipinski definition) is 1. The number of nitrogen functional groups attached to an aromatic ring is 1. The fourth-order valence-corrected chi connectivity index (χ4v) is 2.60. The highest BCUT2D eigenvalue weighted by atomic mass is 15.1. The van der Waals surface area contributed by atoms with E-state index in [9.17, 15) is 0 Å². The van der Waals surface area contributed by atoms with Gasteiger partial charge in [-0.15, -0.1) is 0 Å². The van der Waals surface area contributed by atoms with Crippen LogP contribution in [0.25, 0.3) is 10.9 Å². The SMILES string of the molecule is Cc1cc(CN(C)c2ccc(N)cc2)c2ccccc2n1. The minimum absolute atomic E-state index is 0.789. The zero-order valence-electron chi connectivity index (χ0n) is 12.4. The van der Waals surface area contributed by atoms with Crippen molar-refractivity contribution >= 4 is 22.3 Å². The summed E-state index contributed by atoms with van der Waals surface area (Å²) in [7, 11) is 2.09. The molecule has 2 aromatic carbocycles. The average molecular weight is 277 g/mol. The second-order valence-electron chi connectivity index (χ2n) is 5.39. The van der Waals surface area contributed by atoms with Gasteiger partial charge in [-0.2, -0.15) is 0 Å². The van der Waals surface area contributed by atoms with Crippen molar-refractivity contribution in [1.29, 1.82) is 0 Å². The van der Waals surface area contributed by atoms with Crippen molar-refractivity contribution in [3.8, 4) is 0 Å². The van der Waals surface area contributed by atoms with Crippen LogP contribution in [0.2, 0.25) is 0 Å². The second-order valence-corrected chi connectivity index (χ2v) is 5.39. The molecule has 0 aliphatic carbocycles. The molecule has 0 fully saturated rings. The average Bonchev–Trinajstić information content (AvgIpc) is 2.47. The number of nitrogens with two attached hydrogens (primary N) is 1. The van der Waals surface area contributed by atoms with E-state index in [1.807, 2.05) is 37.3 Å². The van der Waals surface area contributed by atoms with Crippen molar-refractivity contribution in [1.82, 2.24) is 4.98 Å². The minimum Gasteiger partial charge on any atom is -0.399 e. The lowest BCUT2D eigenvalue weighted by Crippen LogP contribution is -2.16. The lowest BCUT2D eigenvalue weighted by atomic mass is 10.1. The van der Waals surface area contributed by atoms with E-state index in [0.29, 0.717) is 0 Å². The Morgan fingerprint density at radius 1 is 1.05 bits per heavy atom. The predicted molar refractivity (Wildman–Crippen MR) is 89.4 cm³/mol. The molecule has 21 heavy (non-hydrogen) atoms. The monoisotopic (exact) mass is 277 g/mol. The van der Waals surface area contributed by atoms with Crippen LogP contribution in [0.1, 0.15) is 11.3 Å². The first-order valence-electron chi connectivity index (χ1n) is 7.05. The molecule has 1 heterocycles. The van der Waals surface area contributed by atoms with E-state index >= 15 is 0 Å². The number of rotatable bonds is 3. The Hall–Kier alpha value is -2.55. The third-order valence-electron chi connectivity index (χ3n) is 3.67. The minimum atomic E-state index is 0.789. The number of fused-ring (bicyclic) bond motifs is 1. The van der Waals surface area contributed by atoms with Gasteiger partial charge in [0, 0.05) is 36.0 Å². The van der Waals surface area contributed by atoms with E-state index in [1.54, 1.807) is 0 Å². The normalized spacial score (nSPS) is 10.8. The van der Waals surface area contributed by atoms with Gasteiger partial charge in [0.15, 0.2) is 0 Å². The van der Waals surface area contributed by atoms with Gasteiger partial charge in [0.05, 0.1) is 5.52 Å². The zero-order chi connectivity index (χ0) is 14.8. The molecule has 0 unspecified atom stereocenters. The molecule has 3 nitrogen and oxygen atoms in total. The number of aromatic nitrogens is 1. The number of pyridine rings is 1. The highest BCUT2D eigenvalue weighted by Gasteiger charge is 2.07. The Labute approximate surface area is 125 Å². The number of aryl methyl sites for hydroxylation is 1. The van der Waals surface area contributed by atoms with Crippen LogP contribution in [0.3, 0.4) is 0 Å². The number of para-hydroxylation sites is 1. The van der Waals surface area contributed by atoms with Crippen molar-refractivity contribution in [2.24, 2.45) is 0 Å². The molecular formula is C18H19N3. The molecule has 0 aliphatic heterocycles. The summed E-state index contributed by atoms with van der Waals surface area (Å²) in [6.45, 7) is 2.88. The molecule has 0 radical (unpaired) electrons. The molecule has 3 rings (SSSR count). The number of benzene rings is 2. The van der Waals surface area contributed by atoms with E-state index < -0.39 is 0 Å². The molecule has 0 saturated heterocycles. The molecule has 106 valence electrons. The Balaban J connectivity index is 1.95. The quantitative estimate of drug-likeness (QED) is 0.741. The number of anilines is 2. The van der Waals surface area contributed by atoms with Crippen LogP contribution >= 0.6 is 0 Å². The first kappa shape index (κ1) is 13.4. The molecule has 3 heteroatoms. The van der Waals surface area contributed by atoms with Gasteiger partial charge in [0.25, 0.3) is 0 Å². The lowest BCUT2D eigenvalue weighted by Gasteiger charge is -2.20. The van der Waals surface area contributed by atoms with Crippen LogP contribution in [0.4, 0.5) is 11.4 Å². The first-order valence-corrected chi connectivity index (χ1v) is 7.05. The molecule has 0 spiro atoms. The summed E-state index contributed by atoms with van der Waals surface area (Å²) >= 11 is 0. The van der Waals surface area contributed by atoms with Crippen LogP contribution in [-0.2, 0) is 6.54 Å². The van der Waals surface area contributed by atoms with Gasteiger partial charge in [-0.1, -0.05) is 18.2 Å². The number of hydrogen-bond acceptors (Lipinski definition) is 3. The van der Waals surface area contributed by atoms with Crippen LogP contribution in [0.15, 0.2) is 54.6 Å². The molecular weight excluding hydrogens is 258 g/mol. The highest BCUT2D eigenvalue weighted by Crippen LogP contribution is 2.22. The third kappa shape index (κ3) is 2.82. The second kappa shape index (κ2) is 5.44. The Kier molecular flexibility index (Phi) is 3.48. The van der Waals surface area contributed by atoms with Crippen LogP contribution in [0.5, 0.6) is 0 Å². The van der Waals surface area contributed by atoms with Gasteiger partial charge in [-0.3, -0.25) is 4.98 Å². The van der Waals surface area contributed by atoms with Gasteiger partial charge in [-0.25, -0.2) is 0 Å². The Morgan fingerprint density at radius 2 is 1.76 bits per heavy atom. The van der Waals surface area contributed by atoms with E-state index in [2.05, 4.69) is 41.2 Å². The smallest absolute Gasteiger partial charge is 0.0708 e. The van der Waals surface area contributed by atoms with Crippen LogP contribution in [0, 0.1) is 6.92 Å². The largest absolute Gasteiger partial charge is 0.399 e. The third-order valence-corrected chi connectivity index (χ3v) is 3.67. The molecule has 0 aliphatic rings. The first-order chi connectivity index (χ1) is 10.1. The van der Waals surface area contributed by atoms with Gasteiger partial charge in [-0.05, 0) is 48.9 Å². The molecule has 0 saturated carbocycles.